The molecule has 0 aliphatic rings. The third kappa shape index (κ3) is 2.77. The number of pyridine rings is 1. The lowest BCUT2D eigenvalue weighted by Gasteiger charge is -2.18. The summed E-state index contributed by atoms with van der Waals surface area (Å²) in [7, 11) is 1.70. The van der Waals surface area contributed by atoms with E-state index < -0.39 is 0 Å². The van der Waals surface area contributed by atoms with E-state index in [9.17, 15) is 0 Å². The summed E-state index contributed by atoms with van der Waals surface area (Å²) in [5.41, 5.74) is 2.26. The van der Waals surface area contributed by atoms with Gasteiger partial charge in [0.2, 0.25) is 0 Å². The van der Waals surface area contributed by atoms with Gasteiger partial charge in [0, 0.05) is 27.4 Å². The number of fused-ring (bicyclic) bond motifs is 1. The molecule has 0 saturated heterocycles. The molecule has 0 aliphatic carbocycles. The van der Waals surface area contributed by atoms with Crippen LogP contribution in [0, 0.1) is 0 Å². The van der Waals surface area contributed by atoms with Crippen LogP contribution >= 0.6 is 11.3 Å². The summed E-state index contributed by atoms with van der Waals surface area (Å²) in [5.74, 6) is 0.908. The highest BCUT2D eigenvalue weighted by Gasteiger charge is 2.18. The van der Waals surface area contributed by atoms with Crippen LogP contribution in [0.4, 0.5) is 0 Å². The van der Waals surface area contributed by atoms with Crippen molar-refractivity contribution >= 4 is 22.2 Å². The summed E-state index contributed by atoms with van der Waals surface area (Å²) in [6.45, 7) is 3.02. The first-order valence-corrected chi connectivity index (χ1v) is 7.91. The lowest BCUT2D eigenvalue weighted by molar-refractivity contribution is 0.416. The van der Waals surface area contributed by atoms with E-state index in [0.29, 0.717) is 0 Å². The maximum Gasteiger partial charge on any atom is 0.129 e. The number of nitrogens with one attached hydrogen (secondary N) is 1. The fourth-order valence-corrected chi connectivity index (χ4v) is 3.47. The summed E-state index contributed by atoms with van der Waals surface area (Å²) in [5, 5.41) is 6.77. The van der Waals surface area contributed by atoms with E-state index >= 15 is 0 Å². The number of methoxy groups -OCH3 is 1. The zero-order valence-electron chi connectivity index (χ0n) is 12.2. The van der Waals surface area contributed by atoms with E-state index in [1.807, 2.05) is 17.6 Å². The summed E-state index contributed by atoms with van der Waals surface area (Å²) < 4.78 is 5.31. The Hall–Kier alpha value is -1.91. The lowest BCUT2D eigenvalue weighted by atomic mass is 10.0. The van der Waals surface area contributed by atoms with Crippen molar-refractivity contribution in [1.29, 1.82) is 0 Å². The van der Waals surface area contributed by atoms with Gasteiger partial charge in [0.05, 0.1) is 18.7 Å². The first-order chi connectivity index (χ1) is 10.3. The van der Waals surface area contributed by atoms with Gasteiger partial charge in [-0.3, -0.25) is 4.98 Å². The first kappa shape index (κ1) is 14.0. The number of rotatable bonds is 5. The maximum atomic E-state index is 5.31. The van der Waals surface area contributed by atoms with Gasteiger partial charge >= 0.3 is 0 Å². The van der Waals surface area contributed by atoms with Crippen molar-refractivity contribution in [3.63, 3.8) is 0 Å². The fourth-order valence-electron chi connectivity index (χ4n) is 2.52. The molecule has 0 radical (unpaired) electrons. The van der Waals surface area contributed by atoms with Crippen LogP contribution in [0.15, 0.2) is 48.0 Å². The molecule has 3 aromatic rings. The van der Waals surface area contributed by atoms with E-state index in [1.165, 1.54) is 15.8 Å². The Morgan fingerprint density at radius 3 is 2.90 bits per heavy atom. The number of benzene rings is 1. The van der Waals surface area contributed by atoms with Crippen LogP contribution < -0.4 is 10.1 Å². The second kappa shape index (κ2) is 6.24. The van der Waals surface area contributed by atoms with E-state index in [-0.39, 0.29) is 6.04 Å². The number of ether oxygens (including phenoxy) is 1. The lowest BCUT2D eigenvalue weighted by Crippen LogP contribution is -2.21. The molecule has 0 amide bonds. The van der Waals surface area contributed by atoms with Crippen LogP contribution in [0.5, 0.6) is 5.75 Å². The Balaban J connectivity index is 2.11. The van der Waals surface area contributed by atoms with Crippen molar-refractivity contribution in [1.82, 2.24) is 10.3 Å². The van der Waals surface area contributed by atoms with E-state index in [2.05, 4.69) is 47.6 Å². The van der Waals surface area contributed by atoms with Gasteiger partial charge in [-0.2, -0.15) is 0 Å². The second-order valence-electron chi connectivity index (χ2n) is 4.80. The van der Waals surface area contributed by atoms with Crippen molar-refractivity contribution in [3.8, 4) is 5.75 Å². The Morgan fingerprint density at radius 1 is 1.29 bits per heavy atom. The third-order valence-corrected chi connectivity index (χ3v) is 4.47. The molecule has 4 heteroatoms. The SMILES string of the molecule is CCNC(c1cc(OC)cs1)c1cccc2cccnc12. The molecule has 108 valence electrons. The van der Waals surface area contributed by atoms with E-state index in [4.69, 9.17) is 4.74 Å². The van der Waals surface area contributed by atoms with Gasteiger partial charge in [-0.1, -0.05) is 31.2 Å². The average molecular weight is 298 g/mol. The number of para-hydroxylation sites is 1. The van der Waals surface area contributed by atoms with Gasteiger partial charge in [0.25, 0.3) is 0 Å². The van der Waals surface area contributed by atoms with Crippen LogP contribution in [-0.2, 0) is 0 Å². The van der Waals surface area contributed by atoms with E-state index in [0.717, 1.165) is 17.8 Å². The predicted molar refractivity (Wildman–Crippen MR) is 88.1 cm³/mol. The monoisotopic (exact) mass is 298 g/mol. The van der Waals surface area contributed by atoms with Crippen molar-refractivity contribution in [3.05, 3.63) is 58.4 Å². The molecule has 1 unspecified atom stereocenters. The van der Waals surface area contributed by atoms with Gasteiger partial charge in [-0.25, -0.2) is 0 Å². The van der Waals surface area contributed by atoms with Crippen LogP contribution in [0.2, 0.25) is 0 Å². The minimum atomic E-state index is 0.141. The molecular weight excluding hydrogens is 280 g/mol. The zero-order chi connectivity index (χ0) is 14.7. The molecular formula is C17H18N2OS. The quantitative estimate of drug-likeness (QED) is 0.773. The predicted octanol–water partition coefficient (Wildman–Crippen LogP) is 4.00. The Morgan fingerprint density at radius 2 is 2.14 bits per heavy atom. The van der Waals surface area contributed by atoms with Crippen molar-refractivity contribution in [2.24, 2.45) is 0 Å². The maximum absolute atomic E-state index is 5.31. The number of hydrogen-bond donors (Lipinski definition) is 1. The molecule has 2 aromatic heterocycles. The summed E-state index contributed by atoms with van der Waals surface area (Å²) in [6.07, 6.45) is 1.85. The average Bonchev–Trinajstić information content (AvgIpc) is 3.01. The number of thiophene rings is 1. The highest BCUT2D eigenvalue weighted by atomic mass is 32.1. The second-order valence-corrected chi connectivity index (χ2v) is 5.74. The summed E-state index contributed by atoms with van der Waals surface area (Å²) in [6, 6.07) is 12.7. The molecule has 0 aliphatic heterocycles. The smallest absolute Gasteiger partial charge is 0.129 e. The van der Waals surface area contributed by atoms with Crippen molar-refractivity contribution < 1.29 is 4.74 Å². The Kier molecular flexibility index (Phi) is 4.18. The van der Waals surface area contributed by atoms with Gasteiger partial charge in [-0.05, 0) is 18.7 Å². The Bertz CT molecular complexity index is 733. The van der Waals surface area contributed by atoms with Crippen LogP contribution in [0.1, 0.15) is 23.4 Å². The first-order valence-electron chi connectivity index (χ1n) is 7.03. The zero-order valence-corrected chi connectivity index (χ0v) is 13.0. The molecule has 3 rings (SSSR count). The molecule has 1 aromatic carbocycles. The molecule has 2 heterocycles. The molecule has 0 fully saturated rings. The fraction of sp³-hybridized carbons (Fsp3) is 0.235. The van der Waals surface area contributed by atoms with Crippen LogP contribution in [0.3, 0.4) is 0 Å². The van der Waals surface area contributed by atoms with Gasteiger partial charge in [0.1, 0.15) is 5.75 Å². The topological polar surface area (TPSA) is 34.1 Å². The number of aromatic nitrogens is 1. The molecule has 0 bridgehead atoms. The summed E-state index contributed by atoms with van der Waals surface area (Å²) in [4.78, 5) is 5.81. The van der Waals surface area contributed by atoms with Gasteiger partial charge in [0.15, 0.2) is 0 Å². The molecule has 0 saturated carbocycles. The van der Waals surface area contributed by atoms with Gasteiger partial charge in [-0.15, -0.1) is 11.3 Å². The molecule has 1 atom stereocenters. The largest absolute Gasteiger partial charge is 0.496 e. The normalized spacial score (nSPS) is 12.5. The number of hydrogen-bond acceptors (Lipinski definition) is 4. The van der Waals surface area contributed by atoms with Crippen molar-refractivity contribution in [2.75, 3.05) is 13.7 Å². The third-order valence-electron chi connectivity index (χ3n) is 3.50. The molecule has 3 nitrogen and oxygen atoms in total. The molecule has 0 spiro atoms. The number of nitrogens with zero attached hydrogens (tertiary/aromatic N) is 1. The Labute approximate surface area is 128 Å². The molecule has 21 heavy (non-hydrogen) atoms. The van der Waals surface area contributed by atoms with Gasteiger partial charge < -0.3 is 10.1 Å². The standard InChI is InChI=1S/C17H18N2OS/c1-3-18-17(15-10-13(20-2)11-21-15)14-8-4-6-12-7-5-9-19-16(12)14/h4-11,17-18H,3H2,1-2H3. The summed E-state index contributed by atoms with van der Waals surface area (Å²) >= 11 is 1.71. The highest BCUT2D eigenvalue weighted by molar-refractivity contribution is 7.10. The van der Waals surface area contributed by atoms with Crippen LogP contribution in [0.25, 0.3) is 10.9 Å². The van der Waals surface area contributed by atoms with Crippen LogP contribution in [-0.4, -0.2) is 18.6 Å². The minimum absolute atomic E-state index is 0.141. The van der Waals surface area contributed by atoms with E-state index in [1.54, 1.807) is 18.4 Å². The van der Waals surface area contributed by atoms with Crippen molar-refractivity contribution in [2.45, 2.75) is 13.0 Å². The minimum Gasteiger partial charge on any atom is -0.496 e. The molecule has 1 N–H and O–H groups in total. The highest BCUT2D eigenvalue weighted by Crippen LogP contribution is 2.33.